The van der Waals surface area contributed by atoms with Crippen LogP contribution in [0.2, 0.25) is 0 Å². The molecule has 2 N–H and O–H groups in total. The number of hydrazine groups is 1. The van der Waals surface area contributed by atoms with Gasteiger partial charge in [0.1, 0.15) is 0 Å². The summed E-state index contributed by atoms with van der Waals surface area (Å²) >= 11 is 0. The Hall–Kier alpha value is -0.870. The summed E-state index contributed by atoms with van der Waals surface area (Å²) in [6, 6.07) is 0. The number of carbonyl (C=O) groups is 1. The fourth-order valence-electron chi connectivity index (χ4n) is 0.535. The van der Waals surface area contributed by atoms with Crippen LogP contribution in [0.5, 0.6) is 0 Å². The van der Waals surface area contributed by atoms with Crippen LogP contribution < -0.4 is 10.9 Å². The number of hydrogen-bond donors (Lipinski definition) is 2. The monoisotopic (exact) mass is 157 g/mol. The second-order valence-electron chi connectivity index (χ2n) is 2.40. The second kappa shape index (κ2) is 5.88. The van der Waals surface area contributed by atoms with Crippen molar-refractivity contribution in [2.45, 2.75) is 0 Å². The van der Waals surface area contributed by atoms with Gasteiger partial charge in [-0.1, -0.05) is 6.08 Å². The van der Waals surface area contributed by atoms with E-state index in [1.54, 1.807) is 13.1 Å². The van der Waals surface area contributed by atoms with Crippen molar-refractivity contribution >= 4 is 5.91 Å². The molecular weight excluding hydrogens is 142 g/mol. The molecule has 0 rings (SSSR count). The van der Waals surface area contributed by atoms with Crippen molar-refractivity contribution in [2.75, 3.05) is 27.7 Å². The Bertz CT molecular complexity index is 143. The maximum atomic E-state index is 10.7. The van der Waals surface area contributed by atoms with Gasteiger partial charge >= 0.3 is 0 Å². The quantitative estimate of drug-likeness (QED) is 0.421. The van der Waals surface area contributed by atoms with Crippen molar-refractivity contribution in [1.82, 2.24) is 15.8 Å². The molecule has 11 heavy (non-hydrogen) atoms. The lowest BCUT2D eigenvalue weighted by Crippen LogP contribution is -2.32. The molecule has 0 saturated heterocycles. The van der Waals surface area contributed by atoms with Gasteiger partial charge in [-0.05, 0) is 14.1 Å². The van der Waals surface area contributed by atoms with E-state index in [4.69, 9.17) is 0 Å². The summed E-state index contributed by atoms with van der Waals surface area (Å²) < 4.78 is 0. The Balaban J connectivity index is 3.48. The molecule has 1 amide bonds. The Morgan fingerprint density at radius 3 is 2.64 bits per heavy atom. The molecule has 0 aromatic heterocycles. The summed E-state index contributed by atoms with van der Waals surface area (Å²) in [6.45, 7) is 0.775. The molecule has 64 valence electrons. The molecule has 0 bridgehead atoms. The van der Waals surface area contributed by atoms with E-state index in [0.29, 0.717) is 0 Å². The molecule has 0 heterocycles. The summed E-state index contributed by atoms with van der Waals surface area (Å²) in [5.74, 6) is -0.130. The summed E-state index contributed by atoms with van der Waals surface area (Å²) in [4.78, 5) is 12.7. The lowest BCUT2D eigenvalue weighted by atomic mass is 10.4. The highest BCUT2D eigenvalue weighted by Gasteiger charge is 1.89. The lowest BCUT2D eigenvalue weighted by Gasteiger charge is -2.03. The Morgan fingerprint density at radius 1 is 1.55 bits per heavy atom. The molecule has 0 atom stereocenters. The highest BCUT2D eigenvalue weighted by Crippen LogP contribution is 1.76. The van der Waals surface area contributed by atoms with E-state index in [1.807, 2.05) is 19.0 Å². The van der Waals surface area contributed by atoms with Gasteiger partial charge in [0.15, 0.2) is 0 Å². The third kappa shape index (κ3) is 7.02. The van der Waals surface area contributed by atoms with Crippen molar-refractivity contribution in [3.8, 4) is 0 Å². The molecule has 0 unspecified atom stereocenters. The normalized spacial score (nSPS) is 10.9. The standard InChI is InChI=1S/C7H15N3O/c1-8-9-7(11)5-4-6-10(2)3/h4-5,8H,6H2,1-3H3,(H,9,11)/b5-4+. The topological polar surface area (TPSA) is 44.4 Å². The largest absolute Gasteiger partial charge is 0.306 e. The number of carbonyl (C=O) groups excluding carboxylic acids is 1. The molecule has 0 radical (unpaired) electrons. The predicted octanol–water partition coefficient (Wildman–Crippen LogP) is -0.645. The number of amides is 1. The van der Waals surface area contributed by atoms with E-state index < -0.39 is 0 Å². The van der Waals surface area contributed by atoms with E-state index in [9.17, 15) is 4.79 Å². The summed E-state index contributed by atoms with van der Waals surface area (Å²) in [7, 11) is 5.54. The second-order valence-corrected chi connectivity index (χ2v) is 2.40. The van der Waals surface area contributed by atoms with Crippen molar-refractivity contribution in [3.05, 3.63) is 12.2 Å². The molecule has 0 aliphatic rings. The van der Waals surface area contributed by atoms with E-state index in [1.165, 1.54) is 6.08 Å². The minimum Gasteiger partial charge on any atom is -0.306 e. The Kier molecular flexibility index (Phi) is 5.42. The number of nitrogens with zero attached hydrogens (tertiary/aromatic N) is 1. The Morgan fingerprint density at radius 2 is 2.18 bits per heavy atom. The van der Waals surface area contributed by atoms with Crippen LogP contribution in [0.15, 0.2) is 12.2 Å². The van der Waals surface area contributed by atoms with Crippen LogP contribution >= 0.6 is 0 Å². The minimum absolute atomic E-state index is 0.130. The van der Waals surface area contributed by atoms with Crippen LogP contribution in [0, 0.1) is 0 Å². The van der Waals surface area contributed by atoms with Crippen molar-refractivity contribution in [3.63, 3.8) is 0 Å². The first-order valence-electron chi connectivity index (χ1n) is 3.45. The molecule has 4 nitrogen and oxygen atoms in total. The van der Waals surface area contributed by atoms with Crippen LogP contribution in [0.4, 0.5) is 0 Å². The van der Waals surface area contributed by atoms with Gasteiger partial charge < -0.3 is 4.90 Å². The maximum Gasteiger partial charge on any atom is 0.257 e. The van der Waals surface area contributed by atoms with Gasteiger partial charge in [0.2, 0.25) is 0 Å². The average molecular weight is 157 g/mol. The first kappa shape index (κ1) is 10.1. The van der Waals surface area contributed by atoms with Crippen LogP contribution in [0.1, 0.15) is 0 Å². The van der Waals surface area contributed by atoms with Gasteiger partial charge in [0.05, 0.1) is 0 Å². The molecule has 0 aliphatic carbocycles. The van der Waals surface area contributed by atoms with Crippen LogP contribution in [-0.4, -0.2) is 38.5 Å². The average Bonchev–Trinajstić information content (AvgIpc) is 1.87. The molecular formula is C7H15N3O. The van der Waals surface area contributed by atoms with Crippen LogP contribution in [-0.2, 0) is 4.79 Å². The van der Waals surface area contributed by atoms with Crippen molar-refractivity contribution < 1.29 is 4.79 Å². The summed E-state index contributed by atoms with van der Waals surface area (Å²) in [6.07, 6.45) is 3.29. The fraction of sp³-hybridized carbons (Fsp3) is 0.571. The third-order valence-electron chi connectivity index (χ3n) is 0.988. The zero-order valence-corrected chi connectivity index (χ0v) is 7.22. The smallest absolute Gasteiger partial charge is 0.257 e. The predicted molar refractivity (Wildman–Crippen MR) is 44.9 cm³/mol. The number of rotatable bonds is 4. The molecule has 0 aromatic rings. The highest BCUT2D eigenvalue weighted by molar-refractivity contribution is 5.86. The first-order chi connectivity index (χ1) is 5.16. The Labute approximate surface area is 67.2 Å². The summed E-state index contributed by atoms with van der Waals surface area (Å²) in [5, 5.41) is 0. The fourth-order valence-corrected chi connectivity index (χ4v) is 0.535. The van der Waals surface area contributed by atoms with Gasteiger partial charge in [0, 0.05) is 19.7 Å². The van der Waals surface area contributed by atoms with E-state index in [2.05, 4.69) is 10.9 Å². The highest BCUT2D eigenvalue weighted by atomic mass is 16.2. The molecule has 0 spiro atoms. The SMILES string of the molecule is CNNC(=O)/C=C/CN(C)C. The number of hydrogen-bond acceptors (Lipinski definition) is 3. The molecule has 0 aromatic carbocycles. The zero-order valence-electron chi connectivity index (χ0n) is 7.22. The summed E-state index contributed by atoms with van der Waals surface area (Å²) in [5.41, 5.74) is 4.97. The lowest BCUT2D eigenvalue weighted by molar-refractivity contribution is -0.117. The number of likely N-dealkylation sites (N-methyl/N-ethyl adjacent to an activating group) is 1. The third-order valence-corrected chi connectivity index (χ3v) is 0.988. The minimum atomic E-state index is -0.130. The van der Waals surface area contributed by atoms with Crippen molar-refractivity contribution in [1.29, 1.82) is 0 Å². The van der Waals surface area contributed by atoms with Gasteiger partial charge in [-0.25, -0.2) is 5.43 Å². The van der Waals surface area contributed by atoms with E-state index in [-0.39, 0.29) is 5.91 Å². The van der Waals surface area contributed by atoms with Crippen LogP contribution in [0.3, 0.4) is 0 Å². The van der Waals surface area contributed by atoms with Gasteiger partial charge in [-0.3, -0.25) is 10.2 Å². The zero-order chi connectivity index (χ0) is 8.69. The maximum absolute atomic E-state index is 10.7. The van der Waals surface area contributed by atoms with E-state index in [0.717, 1.165) is 6.54 Å². The van der Waals surface area contributed by atoms with Gasteiger partial charge in [-0.15, -0.1) is 0 Å². The van der Waals surface area contributed by atoms with Gasteiger partial charge in [0.25, 0.3) is 5.91 Å². The van der Waals surface area contributed by atoms with E-state index >= 15 is 0 Å². The van der Waals surface area contributed by atoms with Crippen molar-refractivity contribution in [2.24, 2.45) is 0 Å². The van der Waals surface area contributed by atoms with Crippen LogP contribution in [0.25, 0.3) is 0 Å². The molecule has 0 fully saturated rings. The molecule has 0 aliphatic heterocycles. The van der Waals surface area contributed by atoms with Gasteiger partial charge in [-0.2, -0.15) is 0 Å². The molecule has 0 saturated carbocycles. The molecule has 4 heteroatoms. The first-order valence-corrected chi connectivity index (χ1v) is 3.45. The number of nitrogens with one attached hydrogen (secondary N) is 2.